The van der Waals surface area contributed by atoms with Crippen LogP contribution in [-0.4, -0.2) is 9.78 Å². The van der Waals surface area contributed by atoms with Crippen LogP contribution in [0.2, 0.25) is 0 Å². The van der Waals surface area contributed by atoms with Crippen molar-refractivity contribution in [1.29, 1.82) is 0 Å². The normalized spacial score (nSPS) is 12.1. The highest BCUT2D eigenvalue weighted by atomic mass is 15.3. The molecule has 0 spiro atoms. The number of aryl methyl sites for hydroxylation is 2. The average Bonchev–Trinajstić information content (AvgIpc) is 2.29. The Hall–Kier alpha value is -0.790. The maximum absolute atomic E-state index is 4.52. The molecule has 0 saturated carbocycles. The predicted octanol–water partition coefficient (Wildman–Crippen LogP) is 2.51. The van der Waals surface area contributed by atoms with E-state index in [9.17, 15) is 0 Å². The molecule has 0 radical (unpaired) electrons. The number of rotatable bonds is 1. The molecule has 2 heteroatoms. The van der Waals surface area contributed by atoms with E-state index < -0.39 is 0 Å². The number of hydrogen-bond donors (Lipinski definition) is 0. The molecule has 0 amide bonds. The molecule has 0 aliphatic heterocycles. The lowest BCUT2D eigenvalue weighted by Crippen LogP contribution is -2.14. The molecule has 1 aromatic heterocycles. The highest BCUT2D eigenvalue weighted by molar-refractivity contribution is 5.22. The Morgan fingerprint density at radius 2 is 2.00 bits per heavy atom. The zero-order valence-corrected chi connectivity index (χ0v) is 8.68. The van der Waals surface area contributed by atoms with Crippen molar-refractivity contribution in [3.8, 4) is 0 Å². The summed E-state index contributed by atoms with van der Waals surface area (Å²) in [6, 6.07) is 0. The van der Waals surface area contributed by atoms with Crippen LogP contribution in [0.15, 0.2) is 6.20 Å². The molecule has 0 aromatic carbocycles. The predicted molar refractivity (Wildman–Crippen MR) is 51.3 cm³/mol. The molecule has 0 aliphatic rings. The second-order valence-corrected chi connectivity index (χ2v) is 4.27. The summed E-state index contributed by atoms with van der Waals surface area (Å²) in [6.45, 7) is 11.8. The Morgan fingerprint density at radius 1 is 1.42 bits per heavy atom. The highest BCUT2D eigenvalue weighted by Crippen LogP contribution is 2.23. The minimum Gasteiger partial charge on any atom is -0.272 e. The van der Waals surface area contributed by atoms with E-state index in [0.29, 0.717) is 0 Å². The van der Waals surface area contributed by atoms with Gasteiger partial charge in [-0.25, -0.2) is 0 Å². The summed E-state index contributed by atoms with van der Waals surface area (Å²) in [5.74, 6) is 0. The highest BCUT2D eigenvalue weighted by Gasteiger charge is 2.19. The zero-order valence-electron chi connectivity index (χ0n) is 8.68. The van der Waals surface area contributed by atoms with E-state index in [0.717, 1.165) is 6.54 Å². The van der Waals surface area contributed by atoms with Crippen LogP contribution in [0.4, 0.5) is 0 Å². The Balaban J connectivity index is 3.08. The van der Waals surface area contributed by atoms with Crippen LogP contribution in [0.25, 0.3) is 0 Å². The van der Waals surface area contributed by atoms with Gasteiger partial charge in [0.25, 0.3) is 0 Å². The summed E-state index contributed by atoms with van der Waals surface area (Å²) in [7, 11) is 0. The molecular weight excluding hydrogens is 148 g/mol. The van der Waals surface area contributed by atoms with Gasteiger partial charge in [0.05, 0.1) is 5.69 Å². The van der Waals surface area contributed by atoms with Gasteiger partial charge in [-0.15, -0.1) is 0 Å². The molecule has 1 aromatic rings. The Morgan fingerprint density at radius 3 is 2.25 bits per heavy atom. The second kappa shape index (κ2) is 2.92. The molecule has 0 saturated heterocycles. The number of hydrogen-bond acceptors (Lipinski definition) is 1. The Kier molecular flexibility index (Phi) is 2.27. The minimum atomic E-state index is 0.171. The van der Waals surface area contributed by atoms with Crippen LogP contribution in [0.5, 0.6) is 0 Å². The molecule has 1 rings (SSSR count). The Bertz CT molecular complexity index is 266. The SMILES string of the molecule is CCn1cc(C)c(C(C)(C)C)n1. The quantitative estimate of drug-likeness (QED) is 0.626. The van der Waals surface area contributed by atoms with Crippen molar-refractivity contribution in [2.24, 2.45) is 0 Å². The average molecular weight is 166 g/mol. The lowest BCUT2D eigenvalue weighted by molar-refractivity contribution is 0.539. The zero-order chi connectivity index (χ0) is 9.35. The van der Waals surface area contributed by atoms with Gasteiger partial charge in [-0.2, -0.15) is 5.10 Å². The van der Waals surface area contributed by atoms with E-state index in [1.165, 1.54) is 11.3 Å². The lowest BCUT2D eigenvalue weighted by atomic mass is 9.90. The minimum absolute atomic E-state index is 0.171. The van der Waals surface area contributed by atoms with Crippen LogP contribution < -0.4 is 0 Å². The standard InChI is InChI=1S/C10H18N2/c1-6-12-7-8(2)9(11-12)10(3,4)5/h7H,6H2,1-5H3. The smallest absolute Gasteiger partial charge is 0.0707 e. The van der Waals surface area contributed by atoms with Gasteiger partial charge < -0.3 is 0 Å². The van der Waals surface area contributed by atoms with Crippen molar-refractivity contribution in [3.63, 3.8) is 0 Å². The van der Waals surface area contributed by atoms with Crippen molar-refractivity contribution in [3.05, 3.63) is 17.5 Å². The van der Waals surface area contributed by atoms with Gasteiger partial charge in [0, 0.05) is 18.2 Å². The van der Waals surface area contributed by atoms with Crippen molar-refractivity contribution in [1.82, 2.24) is 9.78 Å². The summed E-state index contributed by atoms with van der Waals surface area (Å²) in [6.07, 6.45) is 2.11. The molecule has 0 bridgehead atoms. The van der Waals surface area contributed by atoms with E-state index in [1.807, 2.05) is 4.68 Å². The largest absolute Gasteiger partial charge is 0.272 e. The molecular formula is C10H18N2. The third-order valence-electron chi connectivity index (χ3n) is 1.98. The van der Waals surface area contributed by atoms with Crippen molar-refractivity contribution in [2.45, 2.75) is 46.6 Å². The van der Waals surface area contributed by atoms with Crippen molar-refractivity contribution in [2.75, 3.05) is 0 Å². The van der Waals surface area contributed by atoms with Crippen LogP contribution in [-0.2, 0) is 12.0 Å². The number of aromatic nitrogens is 2. The van der Waals surface area contributed by atoms with E-state index in [1.54, 1.807) is 0 Å². The summed E-state index contributed by atoms with van der Waals surface area (Å²) >= 11 is 0. The summed E-state index contributed by atoms with van der Waals surface area (Å²) < 4.78 is 2.00. The van der Waals surface area contributed by atoms with Crippen LogP contribution in [0.1, 0.15) is 39.0 Å². The van der Waals surface area contributed by atoms with Gasteiger partial charge in [0.15, 0.2) is 0 Å². The molecule has 0 N–H and O–H groups in total. The van der Waals surface area contributed by atoms with Crippen molar-refractivity contribution >= 4 is 0 Å². The molecule has 12 heavy (non-hydrogen) atoms. The molecule has 2 nitrogen and oxygen atoms in total. The van der Waals surface area contributed by atoms with E-state index in [2.05, 4.69) is 45.9 Å². The van der Waals surface area contributed by atoms with Gasteiger partial charge in [-0.3, -0.25) is 4.68 Å². The third kappa shape index (κ3) is 1.68. The van der Waals surface area contributed by atoms with Gasteiger partial charge in [0.1, 0.15) is 0 Å². The maximum Gasteiger partial charge on any atom is 0.0707 e. The van der Waals surface area contributed by atoms with E-state index in [-0.39, 0.29) is 5.41 Å². The van der Waals surface area contributed by atoms with Crippen LogP contribution in [0, 0.1) is 6.92 Å². The molecule has 0 atom stereocenters. The molecule has 0 aliphatic carbocycles. The monoisotopic (exact) mass is 166 g/mol. The summed E-state index contributed by atoms with van der Waals surface area (Å²) in [5, 5.41) is 4.52. The maximum atomic E-state index is 4.52. The van der Waals surface area contributed by atoms with Gasteiger partial charge in [-0.05, 0) is 19.4 Å². The van der Waals surface area contributed by atoms with Gasteiger partial charge in [0.2, 0.25) is 0 Å². The first kappa shape index (κ1) is 9.30. The molecule has 0 fully saturated rings. The molecule has 0 unspecified atom stereocenters. The fourth-order valence-electron chi connectivity index (χ4n) is 1.42. The van der Waals surface area contributed by atoms with Gasteiger partial charge in [-0.1, -0.05) is 20.8 Å². The molecule has 68 valence electrons. The summed E-state index contributed by atoms with van der Waals surface area (Å²) in [4.78, 5) is 0. The van der Waals surface area contributed by atoms with Gasteiger partial charge >= 0.3 is 0 Å². The molecule has 1 heterocycles. The third-order valence-corrected chi connectivity index (χ3v) is 1.98. The van der Waals surface area contributed by atoms with Crippen molar-refractivity contribution < 1.29 is 0 Å². The summed E-state index contributed by atoms with van der Waals surface area (Å²) in [5.41, 5.74) is 2.68. The first-order chi connectivity index (χ1) is 5.45. The number of nitrogens with zero attached hydrogens (tertiary/aromatic N) is 2. The fourth-order valence-corrected chi connectivity index (χ4v) is 1.42. The topological polar surface area (TPSA) is 17.8 Å². The first-order valence-electron chi connectivity index (χ1n) is 4.49. The second-order valence-electron chi connectivity index (χ2n) is 4.27. The van der Waals surface area contributed by atoms with E-state index >= 15 is 0 Å². The van der Waals surface area contributed by atoms with Crippen LogP contribution >= 0.6 is 0 Å². The first-order valence-corrected chi connectivity index (χ1v) is 4.49. The van der Waals surface area contributed by atoms with E-state index in [4.69, 9.17) is 0 Å². The Labute approximate surface area is 74.6 Å². The fraction of sp³-hybridized carbons (Fsp3) is 0.700. The lowest BCUT2D eigenvalue weighted by Gasteiger charge is -2.15. The van der Waals surface area contributed by atoms with Crippen LogP contribution in [0.3, 0.4) is 0 Å².